The van der Waals surface area contributed by atoms with E-state index in [0.29, 0.717) is 0 Å². The highest BCUT2D eigenvalue weighted by atomic mass is 127. The molecule has 7 heteroatoms. The van der Waals surface area contributed by atoms with Crippen LogP contribution in [0.3, 0.4) is 0 Å². The van der Waals surface area contributed by atoms with Crippen molar-refractivity contribution < 1.29 is 9.47 Å². The van der Waals surface area contributed by atoms with Gasteiger partial charge in [-0.1, -0.05) is 17.7 Å². The maximum absolute atomic E-state index is 5.96. The van der Waals surface area contributed by atoms with Crippen LogP contribution in [0.15, 0.2) is 34.2 Å². The first kappa shape index (κ1) is 22.8. The molecule has 1 N–H and O–H groups in total. The SMILES string of the molecule is CCNC(=NCCSc1ccc(C)cc1)N1CCOC(C2CCCO2)C1.I. The standard InChI is InChI=1S/C20H31N3O2S.HI/c1-3-21-20(22-10-14-26-17-8-6-16(2)7-9-17)23-11-13-25-19(15-23)18-5-4-12-24-18;/h6-9,18-19H,3-5,10-15H2,1-2H3,(H,21,22);1H. The Morgan fingerprint density at radius 3 is 2.70 bits per heavy atom. The van der Waals surface area contributed by atoms with E-state index in [4.69, 9.17) is 14.5 Å². The Bertz CT molecular complexity index is 579. The molecule has 1 aromatic rings. The average Bonchev–Trinajstić information content (AvgIpc) is 3.21. The lowest BCUT2D eigenvalue weighted by molar-refractivity contribution is -0.0816. The molecule has 0 amide bonds. The third kappa shape index (κ3) is 7.11. The van der Waals surface area contributed by atoms with Gasteiger partial charge in [0.2, 0.25) is 0 Å². The molecule has 2 aliphatic heterocycles. The topological polar surface area (TPSA) is 46.1 Å². The molecule has 2 saturated heterocycles. The van der Waals surface area contributed by atoms with Crippen LogP contribution in [0.4, 0.5) is 0 Å². The summed E-state index contributed by atoms with van der Waals surface area (Å²) in [6, 6.07) is 8.69. The number of hydrogen-bond acceptors (Lipinski definition) is 4. The largest absolute Gasteiger partial charge is 0.375 e. The highest BCUT2D eigenvalue weighted by molar-refractivity contribution is 14.0. The number of morpholine rings is 1. The summed E-state index contributed by atoms with van der Waals surface area (Å²) in [6.45, 7) is 9.29. The van der Waals surface area contributed by atoms with Crippen molar-refractivity contribution in [3.05, 3.63) is 29.8 Å². The molecule has 2 atom stereocenters. The van der Waals surface area contributed by atoms with Crippen LogP contribution in [-0.4, -0.2) is 68.2 Å². The van der Waals surface area contributed by atoms with E-state index in [2.05, 4.69) is 48.3 Å². The van der Waals surface area contributed by atoms with Crippen LogP contribution in [0.5, 0.6) is 0 Å². The van der Waals surface area contributed by atoms with Gasteiger partial charge in [-0.25, -0.2) is 0 Å². The predicted octanol–water partition coefficient (Wildman–Crippen LogP) is 3.55. The van der Waals surface area contributed by atoms with Crippen molar-refractivity contribution in [3.8, 4) is 0 Å². The summed E-state index contributed by atoms with van der Waals surface area (Å²) >= 11 is 1.86. The van der Waals surface area contributed by atoms with Gasteiger partial charge in [-0.3, -0.25) is 4.99 Å². The summed E-state index contributed by atoms with van der Waals surface area (Å²) in [6.07, 6.45) is 2.67. The molecule has 2 fully saturated rings. The second-order valence-corrected chi connectivity index (χ2v) is 7.97. The average molecular weight is 505 g/mol. The van der Waals surface area contributed by atoms with E-state index in [9.17, 15) is 0 Å². The molecule has 0 radical (unpaired) electrons. The summed E-state index contributed by atoms with van der Waals surface area (Å²) in [5.41, 5.74) is 1.30. The number of halogens is 1. The molecule has 152 valence electrons. The van der Waals surface area contributed by atoms with Gasteiger partial charge in [0.25, 0.3) is 0 Å². The molecule has 2 aliphatic rings. The molecule has 0 aliphatic carbocycles. The summed E-state index contributed by atoms with van der Waals surface area (Å²) in [5.74, 6) is 1.99. The number of guanidine groups is 1. The molecule has 0 bridgehead atoms. The minimum Gasteiger partial charge on any atom is -0.375 e. The number of thioether (sulfide) groups is 1. The number of hydrogen-bond donors (Lipinski definition) is 1. The first-order valence-corrected chi connectivity index (χ1v) is 10.7. The second kappa shape index (κ2) is 12.1. The van der Waals surface area contributed by atoms with Gasteiger partial charge in [-0.15, -0.1) is 35.7 Å². The van der Waals surface area contributed by atoms with Crippen molar-refractivity contribution in [3.63, 3.8) is 0 Å². The molecular formula is C20H32IN3O2S. The van der Waals surface area contributed by atoms with Crippen LogP contribution in [0, 0.1) is 6.92 Å². The van der Waals surface area contributed by atoms with Crippen LogP contribution in [0.25, 0.3) is 0 Å². The minimum atomic E-state index is 0. The molecule has 1 aromatic carbocycles. The van der Waals surface area contributed by atoms with E-state index in [1.54, 1.807) is 0 Å². The van der Waals surface area contributed by atoms with Crippen LogP contribution >= 0.6 is 35.7 Å². The van der Waals surface area contributed by atoms with E-state index in [1.165, 1.54) is 10.5 Å². The van der Waals surface area contributed by atoms with Crippen molar-refractivity contribution in [1.29, 1.82) is 0 Å². The number of nitrogens with zero attached hydrogens (tertiary/aromatic N) is 2. The molecule has 0 spiro atoms. The maximum Gasteiger partial charge on any atom is 0.194 e. The molecule has 3 rings (SSSR count). The maximum atomic E-state index is 5.96. The van der Waals surface area contributed by atoms with Crippen molar-refractivity contribution in [2.75, 3.05) is 45.1 Å². The van der Waals surface area contributed by atoms with Crippen LogP contribution in [0.2, 0.25) is 0 Å². The Kier molecular flexibility index (Phi) is 10.2. The van der Waals surface area contributed by atoms with Crippen LogP contribution in [0.1, 0.15) is 25.3 Å². The fraction of sp³-hybridized carbons (Fsp3) is 0.650. The first-order valence-electron chi connectivity index (χ1n) is 9.72. The molecule has 2 heterocycles. The van der Waals surface area contributed by atoms with Gasteiger partial charge in [0, 0.05) is 36.9 Å². The fourth-order valence-electron chi connectivity index (χ4n) is 3.36. The van der Waals surface area contributed by atoms with Gasteiger partial charge < -0.3 is 19.7 Å². The summed E-state index contributed by atoms with van der Waals surface area (Å²) < 4.78 is 11.8. The Hall–Kier alpha value is -0.510. The highest BCUT2D eigenvalue weighted by Gasteiger charge is 2.32. The molecule has 0 saturated carbocycles. The van der Waals surface area contributed by atoms with Gasteiger partial charge in [0.1, 0.15) is 6.10 Å². The Morgan fingerprint density at radius 1 is 1.22 bits per heavy atom. The Balaban J connectivity index is 0.00000261. The molecule has 5 nitrogen and oxygen atoms in total. The zero-order valence-corrected chi connectivity index (χ0v) is 19.5. The summed E-state index contributed by atoms with van der Waals surface area (Å²) in [7, 11) is 0. The highest BCUT2D eigenvalue weighted by Crippen LogP contribution is 2.21. The number of aliphatic imine (C=N–C) groups is 1. The number of aryl methyl sites for hydroxylation is 1. The molecule has 27 heavy (non-hydrogen) atoms. The Labute approximate surface area is 184 Å². The van der Waals surface area contributed by atoms with E-state index < -0.39 is 0 Å². The monoisotopic (exact) mass is 505 g/mol. The lowest BCUT2D eigenvalue weighted by Gasteiger charge is -2.37. The summed E-state index contributed by atoms with van der Waals surface area (Å²) in [5, 5.41) is 3.44. The van der Waals surface area contributed by atoms with Crippen molar-refractivity contribution in [2.24, 2.45) is 4.99 Å². The first-order chi connectivity index (χ1) is 12.8. The van der Waals surface area contributed by atoms with Crippen molar-refractivity contribution >= 4 is 41.7 Å². The minimum absolute atomic E-state index is 0. The van der Waals surface area contributed by atoms with E-state index >= 15 is 0 Å². The van der Waals surface area contributed by atoms with Crippen molar-refractivity contribution in [2.45, 2.75) is 43.8 Å². The molecule has 0 aromatic heterocycles. The van der Waals surface area contributed by atoms with E-state index in [0.717, 1.165) is 63.9 Å². The zero-order valence-electron chi connectivity index (χ0n) is 16.4. The van der Waals surface area contributed by atoms with Crippen LogP contribution in [-0.2, 0) is 9.47 Å². The number of ether oxygens (including phenoxy) is 2. The quantitative estimate of drug-likeness (QED) is 0.211. The second-order valence-electron chi connectivity index (χ2n) is 6.80. The normalized spacial score (nSPS) is 23.2. The number of benzene rings is 1. The molecule has 2 unspecified atom stereocenters. The van der Waals surface area contributed by atoms with Gasteiger partial charge in [0.05, 0.1) is 19.3 Å². The van der Waals surface area contributed by atoms with Gasteiger partial charge in [0.15, 0.2) is 5.96 Å². The van der Waals surface area contributed by atoms with E-state index in [-0.39, 0.29) is 36.2 Å². The fourth-order valence-corrected chi connectivity index (χ4v) is 4.11. The van der Waals surface area contributed by atoms with Gasteiger partial charge >= 0.3 is 0 Å². The van der Waals surface area contributed by atoms with E-state index in [1.807, 2.05) is 11.8 Å². The van der Waals surface area contributed by atoms with Crippen molar-refractivity contribution in [1.82, 2.24) is 10.2 Å². The number of nitrogens with one attached hydrogen (secondary N) is 1. The zero-order chi connectivity index (χ0) is 18.2. The summed E-state index contributed by atoms with van der Waals surface area (Å²) in [4.78, 5) is 8.48. The predicted molar refractivity (Wildman–Crippen MR) is 124 cm³/mol. The number of rotatable bonds is 6. The van der Waals surface area contributed by atoms with Gasteiger partial charge in [-0.2, -0.15) is 0 Å². The van der Waals surface area contributed by atoms with Gasteiger partial charge in [-0.05, 0) is 38.8 Å². The van der Waals surface area contributed by atoms with Crippen LogP contribution < -0.4 is 5.32 Å². The third-order valence-electron chi connectivity index (χ3n) is 4.75. The lowest BCUT2D eigenvalue weighted by Crippen LogP contribution is -2.53. The lowest BCUT2D eigenvalue weighted by atomic mass is 10.1. The smallest absolute Gasteiger partial charge is 0.194 e. The molecular weight excluding hydrogens is 473 g/mol. The Morgan fingerprint density at radius 2 is 2.00 bits per heavy atom. The third-order valence-corrected chi connectivity index (χ3v) is 5.74.